The Bertz CT molecular complexity index is 690. The smallest absolute Gasteiger partial charge is 0.252 e. The number of nitrogens with one attached hydrogen (secondary N) is 2. The van der Waals surface area contributed by atoms with Crippen molar-refractivity contribution < 1.29 is 18.0 Å². The molecule has 1 saturated heterocycles. The third-order valence-corrected chi connectivity index (χ3v) is 6.51. The van der Waals surface area contributed by atoms with Crippen LogP contribution in [0.5, 0.6) is 0 Å². The molecule has 1 aromatic rings. The minimum absolute atomic E-state index is 0.165. The normalized spacial score (nSPS) is 15.9. The SMILES string of the molecule is C=CC(=O)NC1CN(S(=O)(=O)c2ccc(CNC(C)=O)s2)C1. The molecule has 120 valence electrons. The van der Waals surface area contributed by atoms with Crippen LogP contribution in [0.3, 0.4) is 0 Å². The third kappa shape index (κ3) is 3.73. The molecule has 0 unspecified atom stereocenters. The molecule has 0 atom stereocenters. The molecule has 1 aliphatic heterocycles. The van der Waals surface area contributed by atoms with Crippen molar-refractivity contribution in [2.75, 3.05) is 13.1 Å². The van der Waals surface area contributed by atoms with E-state index >= 15 is 0 Å². The predicted octanol–water partition coefficient (Wildman–Crippen LogP) is 0.0593. The molecule has 9 heteroatoms. The van der Waals surface area contributed by atoms with Crippen LogP contribution in [0.1, 0.15) is 11.8 Å². The summed E-state index contributed by atoms with van der Waals surface area (Å²) in [7, 11) is -3.53. The Morgan fingerprint density at radius 2 is 2.14 bits per heavy atom. The molecule has 0 spiro atoms. The molecule has 0 aromatic carbocycles. The van der Waals surface area contributed by atoms with E-state index in [1.54, 1.807) is 6.07 Å². The fourth-order valence-electron chi connectivity index (χ4n) is 1.92. The minimum atomic E-state index is -3.53. The molecule has 1 aliphatic rings. The second kappa shape index (κ2) is 6.59. The molecule has 2 rings (SSSR count). The number of hydrogen-bond acceptors (Lipinski definition) is 5. The summed E-state index contributed by atoms with van der Waals surface area (Å²) in [6, 6.07) is 3.04. The molecule has 2 N–H and O–H groups in total. The van der Waals surface area contributed by atoms with E-state index in [1.807, 2.05) is 0 Å². The summed E-state index contributed by atoms with van der Waals surface area (Å²) in [4.78, 5) is 22.8. The van der Waals surface area contributed by atoms with Crippen molar-refractivity contribution in [2.45, 2.75) is 23.7 Å². The number of sulfonamides is 1. The molecule has 1 aromatic heterocycles. The number of rotatable bonds is 6. The Balaban J connectivity index is 1.96. The molecule has 0 radical (unpaired) electrons. The Kier molecular flexibility index (Phi) is 4.99. The minimum Gasteiger partial charge on any atom is -0.351 e. The first-order chi connectivity index (χ1) is 10.3. The number of thiophene rings is 1. The zero-order valence-electron chi connectivity index (χ0n) is 12.0. The van der Waals surface area contributed by atoms with E-state index in [4.69, 9.17) is 0 Å². The second-order valence-corrected chi connectivity index (χ2v) is 8.20. The first kappa shape index (κ1) is 16.7. The molecular weight excluding hydrogens is 326 g/mol. The quantitative estimate of drug-likeness (QED) is 0.714. The highest BCUT2D eigenvalue weighted by atomic mass is 32.2. The lowest BCUT2D eigenvalue weighted by Crippen LogP contribution is -2.60. The number of carbonyl (C=O) groups excluding carboxylic acids is 2. The van der Waals surface area contributed by atoms with E-state index in [1.165, 1.54) is 17.3 Å². The van der Waals surface area contributed by atoms with Crippen molar-refractivity contribution in [1.29, 1.82) is 0 Å². The molecule has 22 heavy (non-hydrogen) atoms. The van der Waals surface area contributed by atoms with Crippen molar-refractivity contribution in [3.63, 3.8) is 0 Å². The second-order valence-electron chi connectivity index (χ2n) is 4.86. The first-order valence-corrected chi connectivity index (χ1v) is 8.85. The van der Waals surface area contributed by atoms with Crippen molar-refractivity contribution in [1.82, 2.24) is 14.9 Å². The Morgan fingerprint density at radius 3 is 2.73 bits per heavy atom. The van der Waals surface area contributed by atoms with E-state index in [2.05, 4.69) is 17.2 Å². The van der Waals surface area contributed by atoms with Crippen LogP contribution in [-0.2, 0) is 26.2 Å². The van der Waals surface area contributed by atoms with Crippen LogP contribution in [0.15, 0.2) is 29.0 Å². The highest BCUT2D eigenvalue weighted by Crippen LogP contribution is 2.27. The van der Waals surface area contributed by atoms with Gasteiger partial charge in [-0.1, -0.05) is 6.58 Å². The van der Waals surface area contributed by atoms with Crippen LogP contribution < -0.4 is 10.6 Å². The predicted molar refractivity (Wildman–Crippen MR) is 82.7 cm³/mol. The monoisotopic (exact) mass is 343 g/mol. The van der Waals surface area contributed by atoms with Crippen LogP contribution >= 0.6 is 11.3 Å². The largest absolute Gasteiger partial charge is 0.351 e. The third-order valence-electron chi connectivity index (χ3n) is 3.12. The van der Waals surface area contributed by atoms with Gasteiger partial charge in [-0.3, -0.25) is 9.59 Å². The summed E-state index contributed by atoms with van der Waals surface area (Å²) in [6.45, 7) is 5.57. The van der Waals surface area contributed by atoms with Gasteiger partial charge < -0.3 is 10.6 Å². The van der Waals surface area contributed by atoms with Gasteiger partial charge in [-0.2, -0.15) is 4.31 Å². The van der Waals surface area contributed by atoms with Gasteiger partial charge in [0.05, 0.1) is 12.6 Å². The van der Waals surface area contributed by atoms with E-state index in [0.717, 1.165) is 22.3 Å². The summed E-state index contributed by atoms with van der Waals surface area (Å²) in [5, 5.41) is 5.28. The zero-order chi connectivity index (χ0) is 16.3. The van der Waals surface area contributed by atoms with E-state index < -0.39 is 10.0 Å². The van der Waals surface area contributed by atoms with Crippen LogP contribution in [-0.4, -0.2) is 43.7 Å². The maximum atomic E-state index is 12.4. The fourth-order valence-corrected chi connectivity index (χ4v) is 4.90. The van der Waals surface area contributed by atoms with Crippen LogP contribution in [0.2, 0.25) is 0 Å². The fraction of sp³-hybridized carbons (Fsp3) is 0.385. The van der Waals surface area contributed by atoms with E-state index in [0.29, 0.717) is 6.54 Å². The van der Waals surface area contributed by atoms with Gasteiger partial charge in [-0.05, 0) is 18.2 Å². The average Bonchev–Trinajstić information content (AvgIpc) is 2.89. The molecule has 0 aliphatic carbocycles. The lowest BCUT2D eigenvalue weighted by Gasteiger charge is -2.37. The van der Waals surface area contributed by atoms with Crippen molar-refractivity contribution in [3.05, 3.63) is 29.7 Å². The van der Waals surface area contributed by atoms with Gasteiger partial charge in [0, 0.05) is 24.9 Å². The van der Waals surface area contributed by atoms with Gasteiger partial charge in [0.15, 0.2) is 0 Å². The Labute approximate surface area is 133 Å². The maximum Gasteiger partial charge on any atom is 0.252 e. The zero-order valence-corrected chi connectivity index (χ0v) is 13.7. The topological polar surface area (TPSA) is 95.6 Å². The van der Waals surface area contributed by atoms with Gasteiger partial charge in [0.2, 0.25) is 11.8 Å². The van der Waals surface area contributed by atoms with Gasteiger partial charge in [0.1, 0.15) is 4.21 Å². The van der Waals surface area contributed by atoms with Crippen molar-refractivity contribution in [2.24, 2.45) is 0 Å². The molecular formula is C13H17N3O4S2. The average molecular weight is 343 g/mol. The van der Waals surface area contributed by atoms with Gasteiger partial charge in [0.25, 0.3) is 10.0 Å². The molecule has 7 nitrogen and oxygen atoms in total. The van der Waals surface area contributed by atoms with Crippen LogP contribution in [0, 0.1) is 0 Å². The summed E-state index contributed by atoms with van der Waals surface area (Å²) in [5.41, 5.74) is 0. The van der Waals surface area contributed by atoms with Gasteiger partial charge in [-0.25, -0.2) is 8.42 Å². The first-order valence-electron chi connectivity index (χ1n) is 6.59. The maximum absolute atomic E-state index is 12.4. The highest BCUT2D eigenvalue weighted by molar-refractivity contribution is 7.91. The molecule has 0 saturated carbocycles. The van der Waals surface area contributed by atoms with Gasteiger partial charge >= 0.3 is 0 Å². The standard InChI is InChI=1S/C13H17N3O4S2/c1-3-12(18)15-10-7-16(8-10)22(19,20)13-5-4-11(21-13)6-14-9(2)17/h3-5,10H,1,6-8H2,2H3,(H,14,17)(H,15,18). The number of amides is 2. The van der Waals surface area contributed by atoms with E-state index in [-0.39, 0.29) is 35.2 Å². The molecule has 1 fully saturated rings. The molecule has 2 amide bonds. The van der Waals surface area contributed by atoms with E-state index in [9.17, 15) is 18.0 Å². The summed E-state index contributed by atoms with van der Waals surface area (Å²) >= 11 is 1.13. The molecule has 2 heterocycles. The van der Waals surface area contributed by atoms with Crippen molar-refractivity contribution >= 4 is 33.2 Å². The summed E-state index contributed by atoms with van der Waals surface area (Å²) < 4.78 is 26.3. The lowest BCUT2D eigenvalue weighted by molar-refractivity contribution is -0.119. The lowest BCUT2D eigenvalue weighted by atomic mass is 10.2. The van der Waals surface area contributed by atoms with Crippen molar-refractivity contribution in [3.8, 4) is 0 Å². The number of nitrogens with zero attached hydrogens (tertiary/aromatic N) is 1. The van der Waals surface area contributed by atoms with Gasteiger partial charge in [-0.15, -0.1) is 11.3 Å². The van der Waals surface area contributed by atoms with Crippen LogP contribution in [0.4, 0.5) is 0 Å². The Hall–Kier alpha value is -1.71. The highest BCUT2D eigenvalue weighted by Gasteiger charge is 2.37. The summed E-state index contributed by atoms with van der Waals surface area (Å²) in [6.07, 6.45) is 1.16. The molecule has 0 bridgehead atoms. The summed E-state index contributed by atoms with van der Waals surface area (Å²) in [5.74, 6) is -0.475. The Morgan fingerprint density at radius 1 is 1.45 bits per heavy atom. The number of hydrogen-bond donors (Lipinski definition) is 2. The number of carbonyl (C=O) groups is 2. The van der Waals surface area contributed by atoms with Crippen LogP contribution in [0.25, 0.3) is 0 Å².